The molecular formula is C42H31Cl3F3N9O2. The highest BCUT2D eigenvalue weighted by Crippen LogP contribution is 2.29. The maximum atomic E-state index is 13.2. The van der Waals surface area contributed by atoms with Gasteiger partial charge in [-0.1, -0.05) is 71.2 Å². The van der Waals surface area contributed by atoms with Gasteiger partial charge in [0, 0.05) is 39.7 Å². The monoisotopic (exact) mass is 855 g/mol. The summed E-state index contributed by atoms with van der Waals surface area (Å²) in [5, 5.41) is 26.6. The van der Waals surface area contributed by atoms with Crippen LogP contribution < -0.4 is 11.5 Å². The van der Waals surface area contributed by atoms with Crippen molar-refractivity contribution in [3.8, 4) is 0 Å². The van der Waals surface area contributed by atoms with Gasteiger partial charge in [-0.2, -0.15) is 15.3 Å². The van der Waals surface area contributed by atoms with Crippen molar-refractivity contribution < 1.29 is 18.1 Å². The molecular weight excluding hydrogens is 826 g/mol. The molecule has 0 atom stereocenters. The van der Waals surface area contributed by atoms with E-state index in [1.807, 2.05) is 24.3 Å². The van der Waals surface area contributed by atoms with Crippen molar-refractivity contribution in [3.63, 3.8) is 0 Å². The molecule has 0 aliphatic rings. The fourth-order valence-electron chi connectivity index (χ4n) is 6.34. The number of hydrogen-bond acceptors (Lipinski definition) is 7. The van der Waals surface area contributed by atoms with Gasteiger partial charge in [-0.15, -0.1) is 0 Å². The smallest absolute Gasteiger partial charge is 0.270 e. The van der Waals surface area contributed by atoms with E-state index in [0.29, 0.717) is 52.2 Å². The van der Waals surface area contributed by atoms with Crippen LogP contribution in [0.3, 0.4) is 0 Å². The maximum absolute atomic E-state index is 13.2. The van der Waals surface area contributed by atoms with Crippen molar-refractivity contribution in [1.82, 2.24) is 29.3 Å². The Bertz CT molecular complexity index is 2860. The first-order chi connectivity index (χ1) is 28.3. The SMILES string of the molecule is Nc1ccc2c(c1)c(Cl)nn2Cc1cccc(F)c1.Nc1ccc2c(c1)c(Cl)nn2Cc1cccc(F)c1.O=[N+]([O-])c1ccc2c(c1)c(Cl)nn2Cc1cccc(F)c1. The van der Waals surface area contributed by atoms with Crippen molar-refractivity contribution >= 4 is 84.6 Å². The number of non-ortho nitro benzene ring substituents is 1. The van der Waals surface area contributed by atoms with E-state index in [1.165, 1.54) is 48.5 Å². The van der Waals surface area contributed by atoms with Crippen LogP contribution in [-0.2, 0) is 19.6 Å². The molecule has 0 radical (unpaired) electrons. The number of nitrogens with two attached hydrogens (primary N) is 2. The van der Waals surface area contributed by atoms with Gasteiger partial charge in [-0.3, -0.25) is 24.2 Å². The van der Waals surface area contributed by atoms with Crippen molar-refractivity contribution in [2.45, 2.75) is 19.6 Å². The number of nitrogen functional groups attached to an aromatic ring is 2. The second-order valence-corrected chi connectivity index (χ2v) is 14.3. The number of anilines is 2. The third kappa shape index (κ3) is 9.58. The summed E-state index contributed by atoms with van der Waals surface area (Å²) in [6.45, 7) is 1.26. The number of fused-ring (bicyclic) bond motifs is 3. The Balaban J connectivity index is 0.000000134. The van der Waals surface area contributed by atoms with E-state index < -0.39 is 4.92 Å². The second-order valence-electron chi connectivity index (χ2n) is 13.2. The second kappa shape index (κ2) is 17.5. The van der Waals surface area contributed by atoms with Crippen LogP contribution in [0.15, 0.2) is 127 Å². The van der Waals surface area contributed by atoms with Gasteiger partial charge in [-0.25, -0.2) is 13.2 Å². The largest absolute Gasteiger partial charge is 0.399 e. The Hall–Kier alpha value is -6.61. The molecule has 0 saturated heterocycles. The molecule has 6 aromatic carbocycles. The first kappa shape index (κ1) is 40.6. The van der Waals surface area contributed by atoms with Gasteiger partial charge in [0.1, 0.15) is 17.5 Å². The van der Waals surface area contributed by atoms with Gasteiger partial charge in [0.05, 0.1) is 41.1 Å². The summed E-state index contributed by atoms with van der Waals surface area (Å²) in [5.41, 5.74) is 17.5. The minimum atomic E-state index is -0.486. The van der Waals surface area contributed by atoms with E-state index >= 15 is 0 Å². The molecule has 298 valence electrons. The number of benzene rings is 6. The van der Waals surface area contributed by atoms with E-state index in [4.69, 9.17) is 46.3 Å². The standard InChI is InChI=1S/C14H9ClFN3O2.2C14H11ClFN3/c15-14-12-7-11(19(20)21)4-5-13(12)18(17-14)8-9-2-1-3-10(16)6-9;2*15-14-12-7-11(17)4-5-13(12)19(18-14)8-9-2-1-3-10(16)6-9/h1-7H,8H2;2*1-7H,8,17H2. The zero-order chi connectivity index (χ0) is 41.8. The number of hydrogen-bond donors (Lipinski definition) is 2. The molecule has 0 amide bonds. The van der Waals surface area contributed by atoms with Crippen molar-refractivity contribution in [1.29, 1.82) is 0 Å². The van der Waals surface area contributed by atoms with Crippen LogP contribution in [0.5, 0.6) is 0 Å². The molecule has 9 rings (SSSR count). The van der Waals surface area contributed by atoms with Crippen LogP contribution in [0.1, 0.15) is 16.7 Å². The summed E-state index contributed by atoms with van der Waals surface area (Å²) in [4.78, 5) is 10.3. The number of nitro groups is 1. The average molecular weight is 857 g/mol. The summed E-state index contributed by atoms with van der Waals surface area (Å²) in [7, 11) is 0. The third-order valence-electron chi connectivity index (χ3n) is 9.02. The predicted octanol–water partition coefficient (Wildman–Crippen LogP) is 10.7. The van der Waals surface area contributed by atoms with Crippen LogP contribution >= 0.6 is 34.8 Å². The molecule has 17 heteroatoms. The Labute approximate surface area is 348 Å². The van der Waals surface area contributed by atoms with Gasteiger partial charge in [-0.05, 0) is 95.6 Å². The van der Waals surface area contributed by atoms with Crippen LogP contribution in [0.4, 0.5) is 30.2 Å². The normalized spacial score (nSPS) is 11.0. The van der Waals surface area contributed by atoms with Gasteiger partial charge >= 0.3 is 0 Å². The fourth-order valence-corrected chi connectivity index (χ4v) is 7.07. The van der Waals surface area contributed by atoms with Gasteiger partial charge < -0.3 is 11.5 Å². The highest BCUT2D eigenvalue weighted by atomic mass is 35.5. The molecule has 0 unspecified atom stereocenters. The topological polar surface area (TPSA) is 149 Å². The lowest BCUT2D eigenvalue weighted by molar-refractivity contribution is -0.384. The molecule has 3 heterocycles. The first-order valence-electron chi connectivity index (χ1n) is 17.7. The highest BCUT2D eigenvalue weighted by Gasteiger charge is 2.15. The first-order valence-corrected chi connectivity index (χ1v) is 18.8. The van der Waals surface area contributed by atoms with Gasteiger partial charge in [0.2, 0.25) is 0 Å². The van der Waals surface area contributed by atoms with Crippen molar-refractivity contribution in [2.24, 2.45) is 0 Å². The molecule has 59 heavy (non-hydrogen) atoms. The van der Waals surface area contributed by atoms with Crippen LogP contribution in [0.25, 0.3) is 32.7 Å². The van der Waals surface area contributed by atoms with E-state index in [1.54, 1.807) is 68.6 Å². The molecule has 0 saturated carbocycles. The minimum absolute atomic E-state index is 0.0466. The highest BCUT2D eigenvalue weighted by molar-refractivity contribution is 6.35. The zero-order valence-electron chi connectivity index (χ0n) is 30.6. The summed E-state index contributed by atoms with van der Waals surface area (Å²) >= 11 is 18.2. The number of aromatic nitrogens is 6. The number of rotatable bonds is 7. The summed E-state index contributed by atoms with van der Waals surface area (Å²) < 4.78 is 44.6. The molecule has 0 spiro atoms. The fraction of sp³-hybridized carbons (Fsp3) is 0.0714. The molecule has 0 fully saturated rings. The zero-order valence-corrected chi connectivity index (χ0v) is 32.9. The van der Waals surface area contributed by atoms with Crippen LogP contribution in [-0.4, -0.2) is 34.3 Å². The summed E-state index contributed by atoms with van der Waals surface area (Å²) in [6.07, 6.45) is 0. The van der Waals surface area contributed by atoms with Gasteiger partial charge in [0.25, 0.3) is 5.69 Å². The molecule has 0 bridgehead atoms. The Morgan fingerprint density at radius 1 is 0.508 bits per heavy atom. The number of halogens is 6. The third-order valence-corrected chi connectivity index (χ3v) is 9.86. The minimum Gasteiger partial charge on any atom is -0.399 e. The van der Waals surface area contributed by atoms with Crippen molar-refractivity contribution in [2.75, 3.05) is 11.5 Å². The molecule has 11 nitrogen and oxygen atoms in total. The maximum Gasteiger partial charge on any atom is 0.270 e. The molecule has 9 aromatic rings. The molecule has 4 N–H and O–H groups in total. The quantitative estimate of drug-likeness (QED) is 0.0921. The van der Waals surface area contributed by atoms with E-state index in [2.05, 4.69) is 15.3 Å². The lowest BCUT2D eigenvalue weighted by Crippen LogP contribution is -2.01. The van der Waals surface area contributed by atoms with E-state index in [-0.39, 0.29) is 28.3 Å². The van der Waals surface area contributed by atoms with E-state index in [9.17, 15) is 23.3 Å². The van der Waals surface area contributed by atoms with Gasteiger partial charge in [0.15, 0.2) is 15.5 Å². The summed E-state index contributed by atoms with van der Waals surface area (Å²) in [5.74, 6) is -0.848. The van der Waals surface area contributed by atoms with Crippen LogP contribution in [0.2, 0.25) is 15.5 Å². The number of nitrogens with zero attached hydrogens (tertiary/aromatic N) is 7. The molecule has 0 aliphatic carbocycles. The Morgan fingerprint density at radius 2 is 0.847 bits per heavy atom. The average Bonchev–Trinajstić information content (AvgIpc) is 3.79. The predicted molar refractivity (Wildman–Crippen MR) is 226 cm³/mol. The van der Waals surface area contributed by atoms with Crippen LogP contribution in [0, 0.1) is 27.6 Å². The molecule has 0 aliphatic heterocycles. The van der Waals surface area contributed by atoms with E-state index in [0.717, 1.165) is 38.5 Å². The Morgan fingerprint density at radius 3 is 1.19 bits per heavy atom. The lowest BCUT2D eigenvalue weighted by atomic mass is 10.2. The summed E-state index contributed by atoms with van der Waals surface area (Å²) in [6, 6.07) is 34.3. The van der Waals surface area contributed by atoms with Crippen molar-refractivity contribution in [3.05, 3.63) is 187 Å². The lowest BCUT2D eigenvalue weighted by Gasteiger charge is -2.04. The number of nitro benzene ring substituents is 1. The Kier molecular flexibility index (Phi) is 12.0. The molecule has 3 aromatic heterocycles.